The average molecular weight is 643 g/mol. The molecule has 2 bridgehead atoms. The first kappa shape index (κ1) is 33.1. The molecule has 2 unspecified atom stereocenters. The van der Waals surface area contributed by atoms with E-state index in [1.807, 2.05) is 36.5 Å². The van der Waals surface area contributed by atoms with E-state index in [0.717, 1.165) is 72.1 Å². The minimum absolute atomic E-state index is 0. The summed E-state index contributed by atoms with van der Waals surface area (Å²) in [5.74, 6) is 1.05. The Labute approximate surface area is 271 Å². The minimum Gasteiger partial charge on any atom is -0.384 e. The first-order valence-electron chi connectivity index (χ1n) is 15.1. The zero-order valence-corrected chi connectivity index (χ0v) is 27.0. The van der Waals surface area contributed by atoms with Crippen molar-refractivity contribution >= 4 is 69.8 Å². The average Bonchev–Trinajstić information content (AvgIpc) is 3.35. The highest BCUT2D eigenvalue weighted by molar-refractivity contribution is 6.31. The highest BCUT2D eigenvalue weighted by atomic mass is 35.5. The maximum Gasteiger partial charge on any atom is 0.237 e. The van der Waals surface area contributed by atoms with Gasteiger partial charge in [0.25, 0.3) is 0 Å². The van der Waals surface area contributed by atoms with Gasteiger partial charge in [-0.3, -0.25) is 9.78 Å². The summed E-state index contributed by atoms with van der Waals surface area (Å²) in [6, 6.07) is 13.6. The number of nitrogens with two attached hydrogens (primary N) is 1. The molecule has 230 valence electrons. The van der Waals surface area contributed by atoms with E-state index in [2.05, 4.69) is 40.8 Å². The third-order valence-corrected chi connectivity index (χ3v) is 9.00. The topological polar surface area (TPSA) is 95.8 Å². The van der Waals surface area contributed by atoms with Crippen LogP contribution in [0.15, 0.2) is 60.3 Å². The normalized spacial score (nSPS) is 17.8. The van der Waals surface area contributed by atoms with Gasteiger partial charge in [0.05, 0.1) is 11.6 Å². The van der Waals surface area contributed by atoms with Gasteiger partial charge < -0.3 is 21.4 Å². The van der Waals surface area contributed by atoms with E-state index in [4.69, 9.17) is 22.3 Å². The number of pyridine rings is 1. The molecular weight excluding hydrogens is 601 g/mol. The van der Waals surface area contributed by atoms with Gasteiger partial charge in [-0.15, -0.1) is 24.8 Å². The van der Waals surface area contributed by atoms with Crippen LogP contribution in [-0.2, 0) is 17.6 Å². The van der Waals surface area contributed by atoms with E-state index < -0.39 is 6.04 Å². The Kier molecular flexibility index (Phi) is 11.4. The first-order valence-corrected chi connectivity index (χ1v) is 15.5. The number of carbonyl (C=O) groups is 1. The van der Waals surface area contributed by atoms with Crippen molar-refractivity contribution in [1.29, 1.82) is 0 Å². The molecule has 3 atom stereocenters. The van der Waals surface area contributed by atoms with Crippen molar-refractivity contribution in [3.63, 3.8) is 0 Å². The zero-order valence-electron chi connectivity index (χ0n) is 24.6. The third-order valence-electron chi connectivity index (χ3n) is 8.76. The van der Waals surface area contributed by atoms with Crippen LogP contribution in [0.1, 0.15) is 68.2 Å². The molecule has 0 saturated carbocycles. The quantitative estimate of drug-likeness (QED) is 0.0989. The molecule has 9 heteroatoms. The lowest BCUT2D eigenvalue weighted by Crippen LogP contribution is -2.42. The smallest absolute Gasteiger partial charge is 0.237 e. The van der Waals surface area contributed by atoms with Crippen molar-refractivity contribution in [3.8, 4) is 0 Å². The number of nitrogens with one attached hydrogen (secondary N) is 3. The molecule has 2 aromatic carbocycles. The van der Waals surface area contributed by atoms with Crippen LogP contribution in [-0.4, -0.2) is 35.0 Å². The number of fused-ring (bicyclic) bond motifs is 6. The summed E-state index contributed by atoms with van der Waals surface area (Å²) in [7, 11) is 0. The fraction of sp³-hybridized carbons (Fsp3) is 0.412. The summed E-state index contributed by atoms with van der Waals surface area (Å²) >= 11 is 6.34. The number of anilines is 1. The Hall–Kier alpha value is -2.77. The molecule has 0 aliphatic heterocycles. The zero-order chi connectivity index (χ0) is 28.3. The number of halogens is 3. The van der Waals surface area contributed by atoms with Crippen LogP contribution in [0.3, 0.4) is 0 Å². The van der Waals surface area contributed by atoms with Crippen molar-refractivity contribution in [2.75, 3.05) is 18.4 Å². The van der Waals surface area contributed by atoms with Gasteiger partial charge in [-0.1, -0.05) is 54.3 Å². The number of para-hydroxylation sites is 1. The van der Waals surface area contributed by atoms with Crippen LogP contribution >= 0.6 is 36.4 Å². The molecule has 0 saturated heterocycles. The van der Waals surface area contributed by atoms with Crippen LogP contribution < -0.4 is 16.4 Å². The van der Waals surface area contributed by atoms with Gasteiger partial charge in [0.1, 0.15) is 0 Å². The second-order valence-electron chi connectivity index (χ2n) is 11.9. The molecule has 0 spiro atoms. The molecule has 2 aliphatic carbocycles. The van der Waals surface area contributed by atoms with Gasteiger partial charge in [-0.2, -0.15) is 0 Å². The van der Waals surface area contributed by atoms with E-state index >= 15 is 0 Å². The number of allylic oxidation sites excluding steroid dienone is 2. The van der Waals surface area contributed by atoms with Gasteiger partial charge in [0, 0.05) is 57.5 Å². The molecule has 6 rings (SSSR count). The second kappa shape index (κ2) is 14.8. The molecule has 4 aromatic rings. The predicted molar refractivity (Wildman–Crippen MR) is 184 cm³/mol. The largest absolute Gasteiger partial charge is 0.384 e. The summed E-state index contributed by atoms with van der Waals surface area (Å²) in [5, 5.41) is 9.88. The molecular formula is C34H42Cl3N5O. The maximum atomic E-state index is 12.6. The van der Waals surface area contributed by atoms with Crippen molar-refractivity contribution in [1.82, 2.24) is 15.3 Å². The number of benzene rings is 2. The monoisotopic (exact) mass is 641 g/mol. The van der Waals surface area contributed by atoms with Crippen molar-refractivity contribution < 1.29 is 4.79 Å². The van der Waals surface area contributed by atoms with Crippen LogP contribution in [0.25, 0.3) is 21.8 Å². The highest BCUT2D eigenvalue weighted by Crippen LogP contribution is 2.47. The summed E-state index contributed by atoms with van der Waals surface area (Å²) in [6.45, 7) is 3.85. The number of nitrogens with zero attached hydrogens (tertiary/aromatic N) is 1. The molecule has 2 heterocycles. The van der Waals surface area contributed by atoms with Crippen LogP contribution in [0.4, 0.5) is 5.69 Å². The lowest BCUT2D eigenvalue weighted by molar-refractivity contribution is -0.122. The van der Waals surface area contributed by atoms with Crippen LogP contribution in [0, 0.1) is 5.92 Å². The Morgan fingerprint density at radius 1 is 1.07 bits per heavy atom. The molecule has 0 radical (unpaired) electrons. The van der Waals surface area contributed by atoms with E-state index in [9.17, 15) is 4.79 Å². The van der Waals surface area contributed by atoms with Gasteiger partial charge in [0.15, 0.2) is 0 Å². The number of rotatable bonds is 11. The van der Waals surface area contributed by atoms with Crippen LogP contribution in [0.2, 0.25) is 5.02 Å². The summed E-state index contributed by atoms with van der Waals surface area (Å²) < 4.78 is 0. The fourth-order valence-corrected chi connectivity index (χ4v) is 7.03. The molecule has 6 nitrogen and oxygen atoms in total. The Balaban J connectivity index is 0.00000212. The third kappa shape index (κ3) is 7.49. The summed E-state index contributed by atoms with van der Waals surface area (Å²) in [5.41, 5.74) is 14.8. The first-order chi connectivity index (χ1) is 20.0. The number of unbranched alkanes of at least 4 members (excludes halogenated alkanes) is 3. The van der Waals surface area contributed by atoms with Crippen molar-refractivity contribution in [3.05, 3.63) is 82.2 Å². The summed E-state index contributed by atoms with van der Waals surface area (Å²) in [6.07, 6.45) is 12.5. The van der Waals surface area contributed by atoms with E-state index in [1.54, 1.807) is 0 Å². The molecule has 2 aliphatic rings. The second-order valence-corrected chi connectivity index (χ2v) is 12.4. The van der Waals surface area contributed by atoms with Gasteiger partial charge in [0.2, 0.25) is 5.91 Å². The maximum absolute atomic E-state index is 12.6. The number of H-pyrrole nitrogens is 1. The van der Waals surface area contributed by atoms with E-state index in [1.165, 1.54) is 34.3 Å². The predicted octanol–water partition coefficient (Wildman–Crippen LogP) is 7.87. The Bertz CT molecular complexity index is 1600. The minimum atomic E-state index is -0.548. The van der Waals surface area contributed by atoms with Gasteiger partial charge >= 0.3 is 0 Å². The summed E-state index contributed by atoms with van der Waals surface area (Å²) in [4.78, 5) is 20.9. The number of aromatic amines is 1. The molecule has 5 N–H and O–H groups in total. The molecule has 0 fully saturated rings. The Morgan fingerprint density at radius 2 is 1.86 bits per heavy atom. The molecule has 2 aromatic heterocycles. The van der Waals surface area contributed by atoms with E-state index in [-0.39, 0.29) is 30.7 Å². The molecule has 43 heavy (non-hydrogen) atoms. The van der Waals surface area contributed by atoms with Crippen molar-refractivity contribution in [2.45, 2.75) is 70.3 Å². The number of aromatic nitrogens is 2. The van der Waals surface area contributed by atoms with Crippen LogP contribution in [0.5, 0.6) is 0 Å². The number of hydrogen-bond acceptors (Lipinski definition) is 4. The SMILES string of the molecule is CC1=CC2Cc3nc4cc(Cl)ccc4c(NCCCCCCNC(=O)[C@@H](N)Cc4c[nH]c5ccccc45)c3C(C1)C2.Cl.Cl. The van der Waals surface area contributed by atoms with E-state index in [0.29, 0.717) is 24.8 Å². The van der Waals surface area contributed by atoms with Crippen molar-refractivity contribution in [2.24, 2.45) is 11.7 Å². The Morgan fingerprint density at radius 3 is 2.70 bits per heavy atom. The lowest BCUT2D eigenvalue weighted by Gasteiger charge is -2.36. The van der Waals surface area contributed by atoms with Gasteiger partial charge in [-0.25, -0.2) is 0 Å². The number of amides is 1. The standard InChI is InChI=1S/C34H40ClN5O.2ClH/c1-21-14-22-16-23(15-21)32-31(17-22)40-30-19-25(35)10-11-27(30)33(32)37-12-6-2-3-7-13-38-34(41)28(36)18-24-20-39-29-9-5-4-8-26(24)29;;/h4-5,8-11,14,19-20,22-23,28,39H,2-3,6-7,12-13,15-18,36H2,1H3,(H,37,40)(H,38,41);2*1H/t22?,23?,28-;;/m0../s1. The number of hydrogen-bond donors (Lipinski definition) is 4. The number of carbonyl (C=O) groups excluding carboxylic acids is 1. The highest BCUT2D eigenvalue weighted by Gasteiger charge is 2.33. The van der Waals surface area contributed by atoms with Gasteiger partial charge in [-0.05, 0) is 87.1 Å². The molecule has 1 amide bonds. The lowest BCUT2D eigenvalue weighted by atomic mass is 9.71. The fourth-order valence-electron chi connectivity index (χ4n) is 6.87.